The van der Waals surface area contributed by atoms with Crippen molar-refractivity contribution in [2.24, 2.45) is 0 Å². The Hall–Kier alpha value is -1.93. The van der Waals surface area contributed by atoms with Crippen LogP contribution >= 0.6 is 0 Å². The summed E-state index contributed by atoms with van der Waals surface area (Å²) in [6.45, 7) is 0. The van der Waals surface area contributed by atoms with Gasteiger partial charge < -0.3 is 28.8 Å². The van der Waals surface area contributed by atoms with E-state index in [1.54, 1.807) is 58.8 Å². The van der Waals surface area contributed by atoms with Gasteiger partial charge in [0.15, 0.2) is 12.6 Å². The van der Waals surface area contributed by atoms with E-state index in [9.17, 15) is 9.90 Å². The lowest BCUT2D eigenvalue weighted by molar-refractivity contribution is -0.143. The Kier molecular flexibility index (Phi) is 18.9. The molecule has 0 fully saturated rings. The second-order valence-electron chi connectivity index (χ2n) is 9.12. The monoisotopic (exact) mass is 508 g/mol. The lowest BCUT2D eigenvalue weighted by Gasteiger charge is -2.18. The second kappa shape index (κ2) is 21.2. The summed E-state index contributed by atoms with van der Waals surface area (Å²) < 4.78 is 26.8. The normalized spacial score (nSPS) is 12.6. The molecule has 0 saturated heterocycles. The molecule has 0 bridgehead atoms. The van der Waals surface area contributed by atoms with Crippen LogP contribution < -0.4 is 0 Å². The standard InChI is InChI=1S/C29H48O7/c1-32-28(33-2)16-12-8-6-5-7-10-14-26(15-11-9-13-17-29(34-3)35-4)36-27(31)23-20-24-18-21-25(30)22-19-24/h18-23,26,28-30H,5-17H2,1-4H3. The van der Waals surface area contributed by atoms with Crippen molar-refractivity contribution in [1.82, 2.24) is 0 Å². The molecule has 0 radical (unpaired) electrons. The molecule has 7 heteroatoms. The number of carbonyl (C=O) groups excluding carboxylic acids is 1. The molecule has 0 aliphatic rings. The Morgan fingerprint density at radius 3 is 1.58 bits per heavy atom. The van der Waals surface area contributed by atoms with Gasteiger partial charge in [-0.05, 0) is 75.1 Å². The maximum absolute atomic E-state index is 12.4. The smallest absolute Gasteiger partial charge is 0.331 e. The Balaban J connectivity index is 2.39. The molecule has 0 saturated carbocycles. The van der Waals surface area contributed by atoms with Gasteiger partial charge in [0, 0.05) is 34.5 Å². The number of aromatic hydroxyl groups is 1. The molecule has 1 atom stereocenters. The number of phenolic OH excluding ortho intramolecular Hbond substituents is 1. The molecule has 1 aromatic rings. The van der Waals surface area contributed by atoms with E-state index in [1.807, 2.05) is 0 Å². The molecule has 0 aliphatic heterocycles. The molecule has 1 rings (SSSR count). The van der Waals surface area contributed by atoms with E-state index in [0.717, 1.165) is 69.8 Å². The third-order valence-electron chi connectivity index (χ3n) is 6.32. The van der Waals surface area contributed by atoms with E-state index >= 15 is 0 Å². The van der Waals surface area contributed by atoms with Gasteiger partial charge in [-0.25, -0.2) is 4.79 Å². The predicted molar refractivity (Wildman–Crippen MR) is 143 cm³/mol. The molecular formula is C29H48O7. The lowest BCUT2D eigenvalue weighted by Crippen LogP contribution is -2.17. The molecule has 1 aromatic carbocycles. The van der Waals surface area contributed by atoms with Crippen LogP contribution in [-0.4, -0.2) is 58.2 Å². The van der Waals surface area contributed by atoms with E-state index < -0.39 is 0 Å². The molecule has 0 aliphatic carbocycles. The fourth-order valence-electron chi connectivity index (χ4n) is 4.13. The number of hydrogen-bond donors (Lipinski definition) is 1. The number of hydrogen-bond acceptors (Lipinski definition) is 7. The van der Waals surface area contributed by atoms with Crippen LogP contribution in [0.3, 0.4) is 0 Å². The Bertz CT molecular complexity index is 681. The number of rotatable bonds is 22. The number of esters is 1. The number of carbonyl (C=O) groups is 1. The Labute approximate surface area is 218 Å². The van der Waals surface area contributed by atoms with Gasteiger partial charge >= 0.3 is 5.97 Å². The SMILES string of the molecule is COC(CCCCCCCCC(CCCCCC(OC)OC)OC(=O)C=Cc1ccc(O)cc1)OC. The van der Waals surface area contributed by atoms with Crippen molar-refractivity contribution in [2.75, 3.05) is 28.4 Å². The summed E-state index contributed by atoms with van der Waals surface area (Å²) >= 11 is 0. The molecule has 1 unspecified atom stereocenters. The minimum atomic E-state index is -0.322. The minimum Gasteiger partial charge on any atom is -0.508 e. The Morgan fingerprint density at radius 2 is 1.11 bits per heavy atom. The summed E-state index contributed by atoms with van der Waals surface area (Å²) in [6, 6.07) is 6.71. The summed E-state index contributed by atoms with van der Waals surface area (Å²) in [7, 11) is 6.67. The van der Waals surface area contributed by atoms with Crippen LogP contribution in [0.4, 0.5) is 0 Å². The summed E-state index contributed by atoms with van der Waals surface area (Å²) in [5.41, 5.74) is 0.842. The zero-order valence-electron chi connectivity index (χ0n) is 22.8. The largest absolute Gasteiger partial charge is 0.508 e. The fraction of sp³-hybridized carbons (Fsp3) is 0.690. The van der Waals surface area contributed by atoms with Crippen molar-refractivity contribution in [3.8, 4) is 5.75 Å². The second-order valence-corrected chi connectivity index (χ2v) is 9.12. The summed E-state index contributed by atoms with van der Waals surface area (Å²) in [6.07, 6.45) is 16.3. The fourth-order valence-corrected chi connectivity index (χ4v) is 4.13. The summed E-state index contributed by atoms with van der Waals surface area (Å²) in [5, 5.41) is 9.40. The molecular weight excluding hydrogens is 460 g/mol. The summed E-state index contributed by atoms with van der Waals surface area (Å²) in [5.74, 6) is -0.121. The zero-order chi connectivity index (χ0) is 26.4. The van der Waals surface area contributed by atoms with Crippen LogP contribution in [0, 0.1) is 0 Å². The highest BCUT2D eigenvalue weighted by Gasteiger charge is 2.13. The average molecular weight is 509 g/mol. The Morgan fingerprint density at radius 1 is 0.694 bits per heavy atom. The van der Waals surface area contributed by atoms with Crippen molar-refractivity contribution in [2.45, 2.75) is 102 Å². The van der Waals surface area contributed by atoms with E-state index in [0.29, 0.717) is 0 Å². The highest BCUT2D eigenvalue weighted by Crippen LogP contribution is 2.18. The van der Waals surface area contributed by atoms with Crippen molar-refractivity contribution in [3.05, 3.63) is 35.9 Å². The van der Waals surface area contributed by atoms with Crippen LogP contribution in [0.15, 0.2) is 30.3 Å². The third-order valence-corrected chi connectivity index (χ3v) is 6.32. The summed E-state index contributed by atoms with van der Waals surface area (Å²) in [4.78, 5) is 12.4. The van der Waals surface area contributed by atoms with Gasteiger partial charge in [0.25, 0.3) is 0 Å². The topological polar surface area (TPSA) is 83.5 Å². The van der Waals surface area contributed by atoms with Gasteiger partial charge in [0.2, 0.25) is 0 Å². The van der Waals surface area contributed by atoms with Gasteiger partial charge in [0.1, 0.15) is 11.9 Å². The van der Waals surface area contributed by atoms with Gasteiger partial charge in [-0.15, -0.1) is 0 Å². The van der Waals surface area contributed by atoms with Gasteiger partial charge in [-0.3, -0.25) is 0 Å². The van der Waals surface area contributed by atoms with Crippen molar-refractivity contribution < 1.29 is 33.6 Å². The van der Waals surface area contributed by atoms with Crippen LogP contribution in [0.2, 0.25) is 0 Å². The van der Waals surface area contributed by atoms with Crippen LogP contribution in [0.1, 0.15) is 89.0 Å². The van der Waals surface area contributed by atoms with Crippen molar-refractivity contribution in [1.29, 1.82) is 0 Å². The first-order chi connectivity index (χ1) is 17.5. The average Bonchev–Trinajstić information content (AvgIpc) is 2.89. The first kappa shape index (κ1) is 32.1. The van der Waals surface area contributed by atoms with E-state index in [4.69, 9.17) is 23.7 Å². The van der Waals surface area contributed by atoms with Crippen LogP contribution in [0.5, 0.6) is 5.75 Å². The maximum Gasteiger partial charge on any atom is 0.331 e. The molecule has 1 N–H and O–H groups in total. The molecule has 0 spiro atoms. The van der Waals surface area contributed by atoms with E-state index in [1.165, 1.54) is 25.3 Å². The van der Waals surface area contributed by atoms with E-state index in [2.05, 4.69) is 0 Å². The quantitative estimate of drug-likeness (QED) is 0.0815. The molecule has 36 heavy (non-hydrogen) atoms. The van der Waals surface area contributed by atoms with Crippen molar-refractivity contribution >= 4 is 12.0 Å². The van der Waals surface area contributed by atoms with Crippen LogP contribution in [-0.2, 0) is 28.5 Å². The lowest BCUT2D eigenvalue weighted by atomic mass is 10.0. The predicted octanol–water partition coefficient (Wildman–Crippen LogP) is 6.63. The highest BCUT2D eigenvalue weighted by atomic mass is 16.7. The van der Waals surface area contributed by atoms with Gasteiger partial charge in [-0.2, -0.15) is 0 Å². The maximum atomic E-state index is 12.4. The van der Waals surface area contributed by atoms with Gasteiger partial charge in [0.05, 0.1) is 0 Å². The molecule has 7 nitrogen and oxygen atoms in total. The highest BCUT2D eigenvalue weighted by molar-refractivity contribution is 5.87. The molecule has 0 heterocycles. The zero-order valence-corrected chi connectivity index (χ0v) is 22.8. The number of ether oxygens (including phenoxy) is 5. The molecule has 0 aromatic heterocycles. The van der Waals surface area contributed by atoms with E-state index in [-0.39, 0.29) is 30.4 Å². The number of unbranched alkanes of at least 4 members (excludes halogenated alkanes) is 7. The van der Waals surface area contributed by atoms with Crippen molar-refractivity contribution in [3.63, 3.8) is 0 Å². The first-order valence-electron chi connectivity index (χ1n) is 13.3. The number of benzene rings is 1. The number of phenols is 1. The third kappa shape index (κ3) is 15.9. The van der Waals surface area contributed by atoms with Crippen LogP contribution in [0.25, 0.3) is 6.08 Å². The number of methoxy groups -OCH3 is 4. The first-order valence-corrected chi connectivity index (χ1v) is 13.3. The molecule has 0 amide bonds. The van der Waals surface area contributed by atoms with Gasteiger partial charge in [-0.1, -0.05) is 44.2 Å². The minimum absolute atomic E-state index is 0.0771. The molecule has 206 valence electrons.